The van der Waals surface area contributed by atoms with Gasteiger partial charge in [0.05, 0.1) is 10.0 Å². The normalized spacial score (nSPS) is 19.6. The van der Waals surface area contributed by atoms with Crippen molar-refractivity contribution in [2.24, 2.45) is 5.92 Å². The molecule has 2 atom stereocenters. The van der Waals surface area contributed by atoms with Gasteiger partial charge in [0.2, 0.25) is 11.7 Å². The molecule has 1 aromatic carbocycles. The van der Waals surface area contributed by atoms with Gasteiger partial charge >= 0.3 is 0 Å². The summed E-state index contributed by atoms with van der Waals surface area (Å²) in [4.78, 5) is 42.4. The standard InChI is InChI=1S/C18H17Cl2N3O3S/c1-23-14(17-22-7-8-27-17)13(15(24)18(23)26)16(25)21-6-2-3-10-4-5-11(19)12(20)9-10/h4-5,7-9,13-14H,2-3,6H2,1H3,(H,21,25). The summed E-state index contributed by atoms with van der Waals surface area (Å²) < 4.78 is 0. The molecule has 9 heteroatoms. The number of nitrogens with one attached hydrogen (secondary N) is 1. The van der Waals surface area contributed by atoms with Crippen LogP contribution < -0.4 is 5.32 Å². The van der Waals surface area contributed by atoms with E-state index in [1.807, 2.05) is 6.07 Å². The second kappa shape index (κ2) is 8.37. The fraction of sp³-hybridized carbons (Fsp3) is 0.333. The highest BCUT2D eigenvalue weighted by atomic mass is 35.5. The minimum atomic E-state index is -1.07. The van der Waals surface area contributed by atoms with Gasteiger partial charge < -0.3 is 10.2 Å². The smallest absolute Gasteiger partial charge is 0.291 e. The number of ketones is 1. The van der Waals surface area contributed by atoms with E-state index in [0.717, 1.165) is 5.56 Å². The quantitative estimate of drug-likeness (QED) is 0.438. The lowest BCUT2D eigenvalue weighted by atomic mass is 9.98. The topological polar surface area (TPSA) is 79.4 Å². The van der Waals surface area contributed by atoms with E-state index in [1.54, 1.807) is 23.7 Å². The molecule has 1 N–H and O–H groups in total. The predicted octanol–water partition coefficient (Wildman–Crippen LogP) is 2.90. The molecule has 1 aliphatic heterocycles. The number of likely N-dealkylation sites (N-methyl/N-ethyl adjacent to an activating group) is 1. The van der Waals surface area contributed by atoms with E-state index < -0.39 is 29.6 Å². The largest absolute Gasteiger partial charge is 0.355 e. The van der Waals surface area contributed by atoms with Crippen molar-refractivity contribution in [3.8, 4) is 0 Å². The molecule has 2 heterocycles. The highest BCUT2D eigenvalue weighted by molar-refractivity contribution is 7.09. The third kappa shape index (κ3) is 4.15. The Balaban J connectivity index is 1.60. The van der Waals surface area contributed by atoms with E-state index in [-0.39, 0.29) is 0 Å². The van der Waals surface area contributed by atoms with Crippen LogP contribution in [0.15, 0.2) is 29.8 Å². The molecule has 1 aliphatic rings. The summed E-state index contributed by atoms with van der Waals surface area (Å²) in [6.07, 6.45) is 2.95. The third-order valence-corrected chi connectivity index (χ3v) is 6.04. The molecule has 1 aromatic heterocycles. The predicted molar refractivity (Wildman–Crippen MR) is 104 cm³/mol. The van der Waals surface area contributed by atoms with Gasteiger partial charge in [-0.3, -0.25) is 14.4 Å². The number of carbonyl (C=O) groups excluding carboxylic acids is 3. The second-order valence-corrected chi connectivity index (χ2v) is 7.96. The Bertz CT molecular complexity index is 873. The molecule has 2 unspecified atom stereocenters. The van der Waals surface area contributed by atoms with Crippen molar-refractivity contribution in [2.45, 2.75) is 18.9 Å². The molecule has 0 bridgehead atoms. The Morgan fingerprint density at radius 3 is 2.74 bits per heavy atom. The van der Waals surface area contributed by atoms with E-state index in [9.17, 15) is 14.4 Å². The zero-order valence-electron chi connectivity index (χ0n) is 14.4. The average Bonchev–Trinajstić information content (AvgIpc) is 3.24. The van der Waals surface area contributed by atoms with Crippen LogP contribution in [0.4, 0.5) is 0 Å². The van der Waals surface area contributed by atoms with Crippen molar-refractivity contribution in [2.75, 3.05) is 13.6 Å². The fourth-order valence-electron chi connectivity index (χ4n) is 3.06. The average molecular weight is 426 g/mol. The number of rotatable bonds is 6. The number of hydrogen-bond donors (Lipinski definition) is 1. The van der Waals surface area contributed by atoms with Crippen molar-refractivity contribution in [3.63, 3.8) is 0 Å². The minimum Gasteiger partial charge on any atom is -0.355 e. The van der Waals surface area contributed by atoms with Crippen molar-refractivity contribution >= 4 is 52.1 Å². The number of aromatic nitrogens is 1. The summed E-state index contributed by atoms with van der Waals surface area (Å²) in [5.41, 5.74) is 1.01. The molecule has 0 spiro atoms. The minimum absolute atomic E-state index is 0.380. The van der Waals surface area contributed by atoms with Crippen LogP contribution in [0.1, 0.15) is 23.0 Å². The van der Waals surface area contributed by atoms with Crippen molar-refractivity contribution in [1.29, 1.82) is 0 Å². The van der Waals surface area contributed by atoms with Crippen molar-refractivity contribution in [3.05, 3.63) is 50.4 Å². The molecule has 0 radical (unpaired) electrons. The van der Waals surface area contributed by atoms with Crippen molar-refractivity contribution < 1.29 is 14.4 Å². The van der Waals surface area contributed by atoms with Crippen LogP contribution in [-0.2, 0) is 20.8 Å². The summed E-state index contributed by atoms with van der Waals surface area (Å²) in [5, 5.41) is 6.08. The van der Waals surface area contributed by atoms with Gasteiger partial charge in [0.1, 0.15) is 17.0 Å². The number of carbonyl (C=O) groups is 3. The lowest BCUT2D eigenvalue weighted by Gasteiger charge is -2.21. The maximum absolute atomic E-state index is 12.6. The van der Waals surface area contributed by atoms with Crippen LogP contribution in [0.2, 0.25) is 10.0 Å². The molecule has 0 aliphatic carbocycles. The summed E-state index contributed by atoms with van der Waals surface area (Å²) in [6, 6.07) is 4.75. The molecular formula is C18H17Cl2N3O3S. The lowest BCUT2D eigenvalue weighted by Crippen LogP contribution is -2.37. The van der Waals surface area contributed by atoms with E-state index in [4.69, 9.17) is 23.2 Å². The maximum Gasteiger partial charge on any atom is 0.291 e. The van der Waals surface area contributed by atoms with Gasteiger partial charge in [0.15, 0.2) is 0 Å². The van der Waals surface area contributed by atoms with Gasteiger partial charge in [-0.15, -0.1) is 11.3 Å². The van der Waals surface area contributed by atoms with E-state index in [1.165, 1.54) is 23.3 Å². The van der Waals surface area contributed by atoms with Crippen LogP contribution in [0.5, 0.6) is 0 Å². The number of amides is 2. The van der Waals surface area contributed by atoms with Gasteiger partial charge in [-0.2, -0.15) is 0 Å². The molecule has 2 aromatic rings. The molecule has 0 saturated carbocycles. The van der Waals surface area contributed by atoms with E-state index in [0.29, 0.717) is 34.4 Å². The van der Waals surface area contributed by atoms with Crippen LogP contribution in [-0.4, -0.2) is 41.1 Å². The fourth-order valence-corrected chi connectivity index (χ4v) is 4.20. The molecule has 1 fully saturated rings. The Morgan fingerprint density at radius 1 is 1.30 bits per heavy atom. The first-order valence-electron chi connectivity index (χ1n) is 8.32. The lowest BCUT2D eigenvalue weighted by molar-refractivity contribution is -0.142. The zero-order valence-corrected chi connectivity index (χ0v) is 16.8. The summed E-state index contributed by atoms with van der Waals surface area (Å²) in [6.45, 7) is 0.380. The molecule has 1 saturated heterocycles. The number of halogens is 2. The highest BCUT2D eigenvalue weighted by Crippen LogP contribution is 2.36. The first-order valence-corrected chi connectivity index (χ1v) is 9.95. The number of hydrogen-bond acceptors (Lipinski definition) is 5. The highest BCUT2D eigenvalue weighted by Gasteiger charge is 2.51. The summed E-state index contributed by atoms with van der Waals surface area (Å²) in [7, 11) is 1.52. The van der Waals surface area contributed by atoms with Gasteiger partial charge in [0.25, 0.3) is 5.91 Å². The first-order chi connectivity index (χ1) is 12.9. The molecule has 3 rings (SSSR count). The van der Waals surface area contributed by atoms with Crippen LogP contribution >= 0.6 is 34.5 Å². The number of benzene rings is 1. The summed E-state index contributed by atoms with van der Waals surface area (Å²) in [5.74, 6) is -2.88. The van der Waals surface area contributed by atoms with Gasteiger partial charge in [-0.1, -0.05) is 29.3 Å². The Kier molecular flexibility index (Phi) is 6.14. The number of likely N-dealkylation sites (tertiary alicyclic amines) is 1. The number of aryl methyl sites for hydroxylation is 1. The number of Topliss-reactive ketones (excluding diaryl/α,β-unsaturated/α-hetero) is 1. The van der Waals surface area contributed by atoms with Crippen LogP contribution in [0.25, 0.3) is 0 Å². The van der Waals surface area contributed by atoms with E-state index in [2.05, 4.69) is 10.3 Å². The third-order valence-electron chi connectivity index (χ3n) is 4.46. The summed E-state index contributed by atoms with van der Waals surface area (Å²) >= 11 is 13.2. The van der Waals surface area contributed by atoms with Gasteiger partial charge in [-0.25, -0.2) is 4.98 Å². The molecule has 142 valence electrons. The number of nitrogens with zero attached hydrogens (tertiary/aromatic N) is 2. The molecular weight excluding hydrogens is 409 g/mol. The van der Waals surface area contributed by atoms with Crippen LogP contribution in [0.3, 0.4) is 0 Å². The monoisotopic (exact) mass is 425 g/mol. The zero-order chi connectivity index (χ0) is 19.6. The SMILES string of the molecule is CN1C(=O)C(=O)C(C(=O)NCCCc2ccc(Cl)c(Cl)c2)C1c1nccs1. The number of thiazole rings is 1. The Morgan fingerprint density at radius 2 is 2.07 bits per heavy atom. The van der Waals surface area contributed by atoms with Gasteiger partial charge in [0, 0.05) is 25.2 Å². The first kappa shape index (κ1) is 19.8. The van der Waals surface area contributed by atoms with Gasteiger partial charge in [-0.05, 0) is 30.5 Å². The molecule has 27 heavy (non-hydrogen) atoms. The van der Waals surface area contributed by atoms with E-state index >= 15 is 0 Å². The molecule has 2 amide bonds. The van der Waals surface area contributed by atoms with Crippen LogP contribution in [0, 0.1) is 5.92 Å². The Hall–Kier alpha value is -1.96. The van der Waals surface area contributed by atoms with Crippen molar-refractivity contribution in [1.82, 2.24) is 15.2 Å². The molecule has 6 nitrogen and oxygen atoms in total. The maximum atomic E-state index is 12.6. The Labute approximate surface area is 170 Å². The second-order valence-electron chi connectivity index (χ2n) is 6.22.